The van der Waals surface area contributed by atoms with E-state index in [4.69, 9.17) is 0 Å². The number of carbonyl (C=O) groups excluding carboxylic acids is 2. The summed E-state index contributed by atoms with van der Waals surface area (Å²) < 4.78 is 0. The van der Waals surface area contributed by atoms with Crippen molar-refractivity contribution < 1.29 is 9.59 Å². The lowest BCUT2D eigenvalue weighted by Gasteiger charge is -2.44. The predicted octanol–water partition coefficient (Wildman–Crippen LogP) is 10.3. The molecule has 0 radical (unpaired) electrons. The summed E-state index contributed by atoms with van der Waals surface area (Å²) >= 11 is 0. The molecule has 0 amide bonds. The molecule has 4 heteroatoms. The maximum atomic E-state index is 14.5. The van der Waals surface area contributed by atoms with Crippen molar-refractivity contribution in [3.8, 4) is 0 Å². The third kappa shape index (κ3) is 7.21. The zero-order chi connectivity index (χ0) is 32.9. The molecule has 7 rings (SSSR count). The highest BCUT2D eigenvalue weighted by Crippen LogP contribution is 2.54. The molecule has 3 aliphatic carbocycles. The van der Waals surface area contributed by atoms with Gasteiger partial charge in [-0.25, -0.2) is 0 Å². The summed E-state index contributed by atoms with van der Waals surface area (Å²) in [6.45, 7) is 4.45. The first-order valence-electron chi connectivity index (χ1n) is 17.6. The van der Waals surface area contributed by atoms with Crippen LogP contribution in [0, 0.1) is 11.3 Å². The Labute approximate surface area is 292 Å². The molecule has 4 aromatic rings. The van der Waals surface area contributed by atoms with Gasteiger partial charge in [0.2, 0.25) is 0 Å². The fourth-order valence-corrected chi connectivity index (χ4v) is 12.5. The highest BCUT2D eigenvalue weighted by Gasteiger charge is 2.49. The zero-order valence-electron chi connectivity index (χ0n) is 27.8. The molecule has 2 nitrogen and oxygen atoms in total. The van der Waals surface area contributed by atoms with Gasteiger partial charge in [-0.1, -0.05) is 110 Å². The molecule has 2 fully saturated rings. The summed E-state index contributed by atoms with van der Waals surface area (Å²) in [6, 6.07) is 40.8. The van der Waals surface area contributed by atoms with Crippen LogP contribution in [0.4, 0.5) is 0 Å². The van der Waals surface area contributed by atoms with Crippen LogP contribution >= 0.6 is 0 Å². The Morgan fingerprint density at radius 3 is 1.81 bits per heavy atom. The summed E-state index contributed by atoms with van der Waals surface area (Å²) in [5, 5.41) is 0. The number of Topliss-reactive ketones (excluding diaryl/α,β-unsaturated/α-hetero) is 2. The van der Waals surface area contributed by atoms with Crippen LogP contribution < -0.4 is 0 Å². The Balaban J connectivity index is 1.14. The summed E-state index contributed by atoms with van der Waals surface area (Å²) in [7, 11) is -0.622. The summed E-state index contributed by atoms with van der Waals surface area (Å²) in [5.41, 5.74) is 3.35. The molecule has 3 aliphatic rings. The summed E-state index contributed by atoms with van der Waals surface area (Å²) in [4.78, 5) is 33.1. The zero-order valence-corrected chi connectivity index (χ0v) is 29.5. The first-order valence-corrected chi connectivity index (χ1v) is 20.4. The van der Waals surface area contributed by atoms with E-state index in [0.29, 0.717) is 23.1 Å². The van der Waals surface area contributed by atoms with E-state index in [1.165, 1.54) is 50.0 Å². The fourth-order valence-electron chi connectivity index (χ4n) is 8.19. The molecule has 244 valence electrons. The Morgan fingerprint density at radius 2 is 1.21 bits per heavy atom. The second-order valence-corrected chi connectivity index (χ2v) is 17.9. The average Bonchev–Trinajstić information content (AvgIpc) is 3.14. The SMILES string of the molecule is C=C1C=C2CC(C(=O)C[S+](c3ccccc3)c3ccccc3)(CCC2c2cccc([S+](CC(=O)C3CCCCC3)c3ccccc3)c2)C1. The molecule has 0 aromatic heterocycles. The van der Waals surface area contributed by atoms with Gasteiger partial charge in [0.15, 0.2) is 42.7 Å². The second kappa shape index (κ2) is 14.9. The Morgan fingerprint density at radius 1 is 0.646 bits per heavy atom. The Hall–Kier alpha value is -3.60. The number of carbonyl (C=O) groups is 2. The van der Waals surface area contributed by atoms with Crippen molar-refractivity contribution in [3.63, 3.8) is 0 Å². The van der Waals surface area contributed by atoms with Crippen molar-refractivity contribution in [2.24, 2.45) is 11.3 Å². The van der Waals surface area contributed by atoms with Crippen LogP contribution in [0.2, 0.25) is 0 Å². The number of hydrogen-bond donors (Lipinski definition) is 0. The van der Waals surface area contributed by atoms with Crippen LogP contribution in [0.5, 0.6) is 0 Å². The smallest absolute Gasteiger partial charge is 0.189 e. The van der Waals surface area contributed by atoms with Crippen LogP contribution in [-0.2, 0) is 31.4 Å². The van der Waals surface area contributed by atoms with E-state index < -0.39 is 0 Å². The van der Waals surface area contributed by atoms with Gasteiger partial charge in [-0.3, -0.25) is 9.59 Å². The van der Waals surface area contributed by atoms with Gasteiger partial charge in [-0.2, -0.15) is 0 Å². The van der Waals surface area contributed by atoms with E-state index in [0.717, 1.165) is 44.1 Å². The minimum absolute atomic E-state index is 0.215. The lowest BCUT2D eigenvalue weighted by molar-refractivity contribution is -0.127. The summed E-state index contributed by atoms with van der Waals surface area (Å²) in [5.74, 6) is 2.41. The topological polar surface area (TPSA) is 34.1 Å². The van der Waals surface area contributed by atoms with Gasteiger partial charge in [0.25, 0.3) is 0 Å². The monoisotopic (exact) mass is 670 g/mol. The molecule has 2 bridgehead atoms. The lowest BCUT2D eigenvalue weighted by atomic mass is 9.59. The molecule has 0 N–H and O–H groups in total. The number of rotatable bonds is 11. The highest BCUT2D eigenvalue weighted by atomic mass is 32.2. The number of allylic oxidation sites excluding steroid dienone is 3. The summed E-state index contributed by atoms with van der Waals surface area (Å²) in [6.07, 6.45) is 11.4. The van der Waals surface area contributed by atoms with Gasteiger partial charge in [-0.15, -0.1) is 0 Å². The van der Waals surface area contributed by atoms with E-state index in [9.17, 15) is 9.59 Å². The van der Waals surface area contributed by atoms with Crippen molar-refractivity contribution >= 4 is 33.4 Å². The number of hydrogen-bond acceptors (Lipinski definition) is 2. The number of ketones is 2. The molecular formula is C44H46O2S2+2. The van der Waals surface area contributed by atoms with Crippen LogP contribution in [0.25, 0.3) is 0 Å². The molecular weight excluding hydrogens is 625 g/mol. The quantitative estimate of drug-likeness (QED) is 0.149. The van der Waals surface area contributed by atoms with Crippen molar-refractivity contribution in [1.82, 2.24) is 0 Å². The number of benzene rings is 4. The van der Waals surface area contributed by atoms with Gasteiger partial charge in [-0.05, 0) is 92.6 Å². The second-order valence-electron chi connectivity index (χ2n) is 13.9. The normalized spacial score (nSPS) is 21.8. The van der Waals surface area contributed by atoms with Gasteiger partial charge in [0.1, 0.15) is 0 Å². The third-order valence-corrected chi connectivity index (χ3v) is 15.2. The molecule has 0 saturated heterocycles. The van der Waals surface area contributed by atoms with E-state index in [2.05, 4.69) is 116 Å². The Bertz CT molecular complexity index is 1740. The van der Waals surface area contributed by atoms with E-state index in [1.54, 1.807) is 0 Å². The van der Waals surface area contributed by atoms with Gasteiger partial charge in [0, 0.05) is 17.3 Å². The van der Waals surface area contributed by atoms with Crippen molar-refractivity contribution in [3.05, 3.63) is 145 Å². The first-order chi connectivity index (χ1) is 23.5. The molecule has 3 atom stereocenters. The van der Waals surface area contributed by atoms with Crippen LogP contribution in [0.3, 0.4) is 0 Å². The molecule has 2 saturated carbocycles. The van der Waals surface area contributed by atoms with Gasteiger partial charge < -0.3 is 0 Å². The first kappa shape index (κ1) is 32.9. The molecule has 0 heterocycles. The molecule has 0 aliphatic heterocycles. The van der Waals surface area contributed by atoms with Crippen molar-refractivity contribution in [2.75, 3.05) is 11.5 Å². The van der Waals surface area contributed by atoms with Crippen LogP contribution in [0.1, 0.15) is 69.3 Å². The fraction of sp³-hybridized carbons (Fsp3) is 0.318. The standard InChI is InChI=1S/C44H46O2S2/c1-33-27-36-30-44(29-33,43(46)32-48(38-20-10-4-11-21-38)39-22-12-5-13-23-39)26-25-41(36)35-17-14-24-40(28-35)47(37-18-8-3-9-19-37)31-42(45)34-15-6-2-7-16-34/h3-5,8-14,17-24,27-28,34,41H,1-2,6-7,15-16,25-26,29-32H2/q+2. The van der Waals surface area contributed by atoms with Gasteiger partial charge >= 0.3 is 0 Å². The number of fused-ring (bicyclic) bond motifs is 2. The maximum Gasteiger partial charge on any atom is 0.189 e. The van der Waals surface area contributed by atoms with Crippen LogP contribution in [0.15, 0.2) is 159 Å². The van der Waals surface area contributed by atoms with E-state index >= 15 is 0 Å². The predicted molar refractivity (Wildman–Crippen MR) is 201 cm³/mol. The highest BCUT2D eigenvalue weighted by molar-refractivity contribution is 7.98. The largest absolute Gasteiger partial charge is 0.294 e. The average molecular weight is 671 g/mol. The third-order valence-electron chi connectivity index (χ3n) is 10.7. The van der Waals surface area contributed by atoms with E-state index in [1.807, 2.05) is 12.1 Å². The van der Waals surface area contributed by atoms with Crippen molar-refractivity contribution in [2.45, 2.75) is 83.3 Å². The molecule has 48 heavy (non-hydrogen) atoms. The molecule has 0 spiro atoms. The maximum absolute atomic E-state index is 14.5. The van der Waals surface area contributed by atoms with E-state index in [-0.39, 0.29) is 39.0 Å². The molecule has 4 aromatic carbocycles. The Kier molecular flexibility index (Phi) is 10.2. The minimum atomic E-state index is -0.384. The molecule has 3 unspecified atom stereocenters. The minimum Gasteiger partial charge on any atom is -0.294 e. The lowest BCUT2D eigenvalue weighted by Crippen LogP contribution is -2.41. The van der Waals surface area contributed by atoms with Crippen LogP contribution in [-0.4, -0.2) is 23.1 Å². The van der Waals surface area contributed by atoms with Gasteiger partial charge in [0.05, 0.1) is 21.8 Å². The van der Waals surface area contributed by atoms with Crippen molar-refractivity contribution in [1.29, 1.82) is 0 Å².